The Morgan fingerprint density at radius 2 is 1.74 bits per heavy atom. The Balaban J connectivity index is 2.43. The molecule has 98 valence electrons. The molecule has 0 amide bonds. The van der Waals surface area contributed by atoms with E-state index < -0.39 is 0 Å². The molecule has 2 heteroatoms. The number of rotatable bonds is 5. The van der Waals surface area contributed by atoms with Crippen LogP contribution in [0.15, 0.2) is 42.5 Å². The lowest BCUT2D eigenvalue weighted by molar-refractivity contribution is 0.112. The molecule has 0 radical (unpaired) electrons. The van der Waals surface area contributed by atoms with Crippen LogP contribution in [0.25, 0.3) is 0 Å². The van der Waals surface area contributed by atoms with Crippen molar-refractivity contribution < 1.29 is 9.53 Å². The van der Waals surface area contributed by atoms with Gasteiger partial charge in [0.25, 0.3) is 0 Å². The lowest BCUT2D eigenvalue weighted by Crippen LogP contribution is -2.00. The van der Waals surface area contributed by atoms with Crippen LogP contribution in [0.4, 0.5) is 0 Å². The van der Waals surface area contributed by atoms with Gasteiger partial charge < -0.3 is 4.74 Å². The lowest BCUT2D eigenvalue weighted by atomic mass is 9.97. The molecule has 0 saturated heterocycles. The summed E-state index contributed by atoms with van der Waals surface area (Å²) in [4.78, 5) is 11.3. The molecule has 0 heterocycles. The molecule has 2 nitrogen and oxygen atoms in total. The van der Waals surface area contributed by atoms with Crippen LogP contribution in [0.1, 0.15) is 35.3 Å². The number of aldehydes is 1. The number of benzene rings is 2. The maximum absolute atomic E-state index is 11.3. The summed E-state index contributed by atoms with van der Waals surface area (Å²) in [6.45, 7) is 4.10. The average Bonchev–Trinajstić information content (AvgIpc) is 2.47. The fraction of sp³-hybridized carbons (Fsp3) is 0.235. The molecule has 0 aliphatic rings. The average molecular weight is 254 g/mol. The summed E-state index contributed by atoms with van der Waals surface area (Å²) < 4.78 is 5.88. The van der Waals surface area contributed by atoms with E-state index in [9.17, 15) is 4.79 Å². The van der Waals surface area contributed by atoms with Gasteiger partial charge in [-0.1, -0.05) is 38.1 Å². The minimum absolute atomic E-state index is 0.771. The maximum Gasteiger partial charge on any atom is 0.150 e. The van der Waals surface area contributed by atoms with Gasteiger partial charge in [-0.25, -0.2) is 0 Å². The van der Waals surface area contributed by atoms with Gasteiger partial charge in [0.1, 0.15) is 11.5 Å². The highest BCUT2D eigenvalue weighted by Gasteiger charge is 2.12. The first-order chi connectivity index (χ1) is 9.30. The number of carbonyl (C=O) groups is 1. The van der Waals surface area contributed by atoms with Crippen LogP contribution in [0, 0.1) is 0 Å². The van der Waals surface area contributed by atoms with Gasteiger partial charge in [-0.3, -0.25) is 4.79 Å². The second-order valence-corrected chi connectivity index (χ2v) is 4.36. The minimum Gasteiger partial charge on any atom is -0.457 e. The van der Waals surface area contributed by atoms with E-state index in [1.807, 2.05) is 49.4 Å². The summed E-state index contributed by atoms with van der Waals surface area (Å²) in [5.41, 5.74) is 2.84. The van der Waals surface area contributed by atoms with Crippen molar-refractivity contribution in [2.45, 2.75) is 26.7 Å². The second kappa shape index (κ2) is 6.19. The van der Waals surface area contributed by atoms with E-state index in [0.29, 0.717) is 0 Å². The van der Waals surface area contributed by atoms with Crippen LogP contribution >= 0.6 is 0 Å². The van der Waals surface area contributed by atoms with E-state index in [2.05, 4.69) is 6.92 Å². The van der Waals surface area contributed by atoms with Crippen LogP contribution in [-0.4, -0.2) is 6.29 Å². The van der Waals surface area contributed by atoms with Gasteiger partial charge >= 0.3 is 0 Å². The Kier molecular flexibility index (Phi) is 4.35. The third kappa shape index (κ3) is 2.84. The van der Waals surface area contributed by atoms with Crippen LogP contribution in [0.2, 0.25) is 0 Å². The van der Waals surface area contributed by atoms with Gasteiger partial charge in [0.15, 0.2) is 6.29 Å². The second-order valence-electron chi connectivity index (χ2n) is 4.36. The van der Waals surface area contributed by atoms with Crippen molar-refractivity contribution in [2.75, 3.05) is 0 Å². The SMILES string of the molecule is CCc1ccc(Oc2ccccc2)c(CC)c1C=O. The molecular formula is C17H18O2. The normalized spacial score (nSPS) is 10.2. The van der Waals surface area contributed by atoms with Crippen molar-refractivity contribution in [2.24, 2.45) is 0 Å². The zero-order chi connectivity index (χ0) is 13.7. The number of aryl methyl sites for hydroxylation is 1. The monoisotopic (exact) mass is 254 g/mol. The first-order valence-corrected chi connectivity index (χ1v) is 6.63. The Hall–Kier alpha value is -2.09. The molecular weight excluding hydrogens is 236 g/mol. The fourth-order valence-corrected chi connectivity index (χ4v) is 2.22. The molecule has 0 aliphatic heterocycles. The van der Waals surface area contributed by atoms with E-state index in [1.54, 1.807) is 0 Å². The number of hydrogen-bond donors (Lipinski definition) is 0. The van der Waals surface area contributed by atoms with E-state index in [4.69, 9.17) is 4.74 Å². The molecule has 0 bridgehead atoms. The van der Waals surface area contributed by atoms with Gasteiger partial charge in [-0.05, 0) is 36.6 Å². The summed E-state index contributed by atoms with van der Waals surface area (Å²) in [7, 11) is 0. The number of carbonyl (C=O) groups excluding carboxylic acids is 1. The number of ether oxygens (including phenoxy) is 1. The molecule has 2 aromatic rings. The summed E-state index contributed by atoms with van der Waals surface area (Å²) in [5.74, 6) is 1.56. The van der Waals surface area contributed by atoms with E-state index in [-0.39, 0.29) is 0 Å². The predicted molar refractivity (Wildman–Crippen MR) is 77.1 cm³/mol. The highest BCUT2D eigenvalue weighted by Crippen LogP contribution is 2.29. The summed E-state index contributed by atoms with van der Waals surface area (Å²) in [6, 6.07) is 13.6. The van der Waals surface area contributed by atoms with E-state index >= 15 is 0 Å². The van der Waals surface area contributed by atoms with E-state index in [1.165, 1.54) is 0 Å². The minimum atomic E-state index is 0.771. The van der Waals surface area contributed by atoms with Crippen LogP contribution in [-0.2, 0) is 12.8 Å². The Morgan fingerprint density at radius 3 is 2.32 bits per heavy atom. The third-order valence-electron chi connectivity index (χ3n) is 3.23. The van der Waals surface area contributed by atoms with Crippen molar-refractivity contribution in [1.82, 2.24) is 0 Å². The van der Waals surface area contributed by atoms with Gasteiger partial charge in [-0.15, -0.1) is 0 Å². The first kappa shape index (κ1) is 13.3. The fourth-order valence-electron chi connectivity index (χ4n) is 2.22. The summed E-state index contributed by atoms with van der Waals surface area (Å²) in [5, 5.41) is 0. The molecule has 0 N–H and O–H groups in total. The number of hydrogen-bond acceptors (Lipinski definition) is 2. The lowest BCUT2D eigenvalue weighted by Gasteiger charge is -2.14. The molecule has 0 aliphatic carbocycles. The van der Waals surface area contributed by atoms with Crippen LogP contribution < -0.4 is 4.74 Å². The summed E-state index contributed by atoms with van der Waals surface area (Å²) >= 11 is 0. The van der Waals surface area contributed by atoms with Gasteiger partial charge in [0.2, 0.25) is 0 Å². The molecule has 2 aromatic carbocycles. The van der Waals surface area contributed by atoms with Crippen LogP contribution in [0.5, 0.6) is 11.5 Å². The van der Waals surface area contributed by atoms with Gasteiger partial charge in [0.05, 0.1) is 0 Å². The zero-order valence-corrected chi connectivity index (χ0v) is 11.3. The largest absolute Gasteiger partial charge is 0.457 e. The van der Waals surface area contributed by atoms with E-state index in [0.717, 1.165) is 47.3 Å². The molecule has 0 saturated carbocycles. The molecule has 19 heavy (non-hydrogen) atoms. The third-order valence-corrected chi connectivity index (χ3v) is 3.23. The van der Waals surface area contributed by atoms with Crippen molar-refractivity contribution in [3.8, 4) is 11.5 Å². The predicted octanol–water partition coefficient (Wildman–Crippen LogP) is 4.42. The Bertz CT molecular complexity index is 559. The van der Waals surface area contributed by atoms with Gasteiger partial charge in [-0.2, -0.15) is 0 Å². The topological polar surface area (TPSA) is 26.3 Å². The van der Waals surface area contributed by atoms with Crippen LogP contribution in [0.3, 0.4) is 0 Å². The smallest absolute Gasteiger partial charge is 0.150 e. The first-order valence-electron chi connectivity index (χ1n) is 6.63. The van der Waals surface area contributed by atoms with Crippen molar-refractivity contribution in [3.63, 3.8) is 0 Å². The van der Waals surface area contributed by atoms with Crippen molar-refractivity contribution >= 4 is 6.29 Å². The highest BCUT2D eigenvalue weighted by molar-refractivity contribution is 5.81. The zero-order valence-electron chi connectivity index (χ0n) is 11.3. The molecule has 0 spiro atoms. The number of para-hydroxylation sites is 1. The Labute approximate surface area is 114 Å². The van der Waals surface area contributed by atoms with Crippen molar-refractivity contribution in [1.29, 1.82) is 0 Å². The molecule has 0 unspecified atom stereocenters. The Morgan fingerprint density at radius 1 is 1.00 bits per heavy atom. The quantitative estimate of drug-likeness (QED) is 0.738. The maximum atomic E-state index is 11.3. The molecule has 0 fully saturated rings. The molecule has 2 rings (SSSR count). The molecule has 0 atom stereocenters. The standard InChI is InChI=1S/C17H18O2/c1-3-13-10-11-17(15(4-2)16(13)12-18)19-14-8-6-5-7-9-14/h5-12H,3-4H2,1-2H3. The van der Waals surface area contributed by atoms with Crippen molar-refractivity contribution in [3.05, 3.63) is 59.2 Å². The molecule has 0 aromatic heterocycles. The highest BCUT2D eigenvalue weighted by atomic mass is 16.5. The van der Waals surface area contributed by atoms with Gasteiger partial charge in [0, 0.05) is 11.1 Å². The summed E-state index contributed by atoms with van der Waals surface area (Å²) in [6.07, 6.45) is 2.58.